The lowest BCUT2D eigenvalue weighted by molar-refractivity contribution is -0.126. The highest BCUT2D eigenvalue weighted by Crippen LogP contribution is 2.30. The van der Waals surface area contributed by atoms with Crippen molar-refractivity contribution in [2.75, 3.05) is 19.6 Å². The van der Waals surface area contributed by atoms with Gasteiger partial charge in [-0.05, 0) is 50.6 Å². The Morgan fingerprint density at radius 2 is 2.10 bits per heavy atom. The highest BCUT2D eigenvalue weighted by atomic mass is 35.5. The van der Waals surface area contributed by atoms with E-state index < -0.39 is 0 Å². The summed E-state index contributed by atoms with van der Waals surface area (Å²) in [6.45, 7) is 9.15. The molecule has 21 heavy (non-hydrogen) atoms. The molecule has 2 aliphatic rings. The van der Waals surface area contributed by atoms with Crippen molar-refractivity contribution < 1.29 is 4.79 Å². The van der Waals surface area contributed by atoms with Crippen LogP contribution in [-0.2, 0) is 4.79 Å². The Balaban J connectivity index is 0.00000220. The molecule has 0 radical (unpaired) electrons. The minimum atomic E-state index is -0.0301. The van der Waals surface area contributed by atoms with Gasteiger partial charge in [0.25, 0.3) is 0 Å². The van der Waals surface area contributed by atoms with Crippen LogP contribution < -0.4 is 11.1 Å². The zero-order valence-corrected chi connectivity index (χ0v) is 14.5. The highest BCUT2D eigenvalue weighted by Gasteiger charge is 2.37. The van der Waals surface area contributed by atoms with Crippen LogP contribution in [0, 0.1) is 11.3 Å². The second-order valence-corrected chi connectivity index (χ2v) is 7.29. The molecule has 0 bridgehead atoms. The minimum absolute atomic E-state index is 0. The first-order chi connectivity index (χ1) is 9.45. The Labute approximate surface area is 135 Å². The van der Waals surface area contributed by atoms with Crippen LogP contribution in [-0.4, -0.2) is 42.5 Å². The van der Waals surface area contributed by atoms with Crippen LogP contribution >= 0.6 is 12.4 Å². The smallest absolute Gasteiger partial charge is 0.237 e. The molecule has 1 amide bonds. The van der Waals surface area contributed by atoms with E-state index in [9.17, 15) is 4.79 Å². The van der Waals surface area contributed by atoms with Gasteiger partial charge in [0.1, 0.15) is 0 Å². The van der Waals surface area contributed by atoms with Crippen LogP contribution in [0.4, 0.5) is 0 Å². The molecule has 2 fully saturated rings. The van der Waals surface area contributed by atoms with E-state index in [1.165, 1.54) is 19.3 Å². The molecule has 0 aromatic carbocycles. The van der Waals surface area contributed by atoms with Gasteiger partial charge in [-0.1, -0.05) is 26.7 Å². The average Bonchev–Trinajstić information content (AvgIpc) is 2.84. The van der Waals surface area contributed by atoms with Gasteiger partial charge in [0.05, 0.1) is 6.04 Å². The molecule has 1 aliphatic carbocycles. The van der Waals surface area contributed by atoms with Gasteiger partial charge in [0.15, 0.2) is 0 Å². The molecule has 3 N–H and O–H groups in total. The van der Waals surface area contributed by atoms with E-state index in [4.69, 9.17) is 5.73 Å². The molecule has 124 valence electrons. The monoisotopic (exact) mass is 317 g/mol. The van der Waals surface area contributed by atoms with Crippen molar-refractivity contribution in [3.63, 3.8) is 0 Å². The van der Waals surface area contributed by atoms with Gasteiger partial charge in [-0.25, -0.2) is 0 Å². The number of likely N-dealkylation sites (tertiary alicyclic amines) is 1. The summed E-state index contributed by atoms with van der Waals surface area (Å²) in [4.78, 5) is 14.7. The molecule has 4 nitrogen and oxygen atoms in total. The third-order valence-electron chi connectivity index (χ3n) is 5.45. The van der Waals surface area contributed by atoms with Crippen molar-refractivity contribution in [3.8, 4) is 0 Å². The first-order valence-electron chi connectivity index (χ1n) is 8.20. The number of hydrogen-bond acceptors (Lipinski definition) is 3. The van der Waals surface area contributed by atoms with Gasteiger partial charge >= 0.3 is 0 Å². The number of carbonyl (C=O) groups excluding carboxylic acids is 1. The van der Waals surface area contributed by atoms with E-state index >= 15 is 0 Å². The first kappa shape index (κ1) is 18.7. The van der Waals surface area contributed by atoms with Crippen LogP contribution in [0.2, 0.25) is 0 Å². The summed E-state index contributed by atoms with van der Waals surface area (Å²) in [6, 6.07) is 0.347. The third kappa shape index (κ3) is 4.57. The summed E-state index contributed by atoms with van der Waals surface area (Å²) >= 11 is 0. The van der Waals surface area contributed by atoms with E-state index in [0.717, 1.165) is 25.9 Å². The van der Waals surface area contributed by atoms with Crippen LogP contribution in [0.1, 0.15) is 52.9 Å². The number of hydrogen-bond donors (Lipinski definition) is 2. The van der Waals surface area contributed by atoms with Gasteiger partial charge in [-0.2, -0.15) is 0 Å². The molecule has 1 aliphatic heterocycles. The van der Waals surface area contributed by atoms with Crippen molar-refractivity contribution in [1.29, 1.82) is 0 Å². The van der Waals surface area contributed by atoms with E-state index in [1.807, 2.05) is 6.92 Å². The first-order valence-corrected chi connectivity index (χ1v) is 8.20. The topological polar surface area (TPSA) is 58.4 Å². The Hall–Kier alpha value is -0.320. The van der Waals surface area contributed by atoms with Gasteiger partial charge in [-0.15, -0.1) is 12.4 Å². The lowest BCUT2D eigenvalue weighted by atomic mass is 9.86. The van der Waals surface area contributed by atoms with Crippen LogP contribution in [0.5, 0.6) is 0 Å². The number of nitrogens with one attached hydrogen (secondary N) is 1. The second-order valence-electron chi connectivity index (χ2n) is 7.29. The van der Waals surface area contributed by atoms with Gasteiger partial charge in [0, 0.05) is 12.6 Å². The molecule has 1 saturated carbocycles. The summed E-state index contributed by atoms with van der Waals surface area (Å²) in [5.41, 5.74) is 6.03. The number of amides is 1. The second kappa shape index (κ2) is 7.80. The lowest BCUT2D eigenvalue weighted by Crippen LogP contribution is -2.50. The van der Waals surface area contributed by atoms with Gasteiger partial charge in [-0.3, -0.25) is 9.69 Å². The molecule has 4 atom stereocenters. The Morgan fingerprint density at radius 1 is 1.43 bits per heavy atom. The number of nitrogens with zero attached hydrogens (tertiary/aromatic N) is 1. The molecular weight excluding hydrogens is 286 g/mol. The van der Waals surface area contributed by atoms with Crippen LogP contribution in [0.15, 0.2) is 0 Å². The molecule has 0 spiro atoms. The summed E-state index contributed by atoms with van der Waals surface area (Å²) in [6.07, 6.45) is 6.04. The number of carbonyl (C=O) groups is 1. The van der Waals surface area contributed by atoms with Crippen molar-refractivity contribution in [3.05, 3.63) is 0 Å². The number of halogens is 1. The normalized spacial score (nSPS) is 35.0. The quantitative estimate of drug-likeness (QED) is 0.835. The predicted molar refractivity (Wildman–Crippen MR) is 89.6 cm³/mol. The Morgan fingerprint density at radius 3 is 2.67 bits per heavy atom. The van der Waals surface area contributed by atoms with Crippen molar-refractivity contribution in [2.24, 2.45) is 17.1 Å². The lowest BCUT2D eigenvalue weighted by Gasteiger charge is -2.32. The fraction of sp³-hybridized carbons (Fsp3) is 0.938. The van der Waals surface area contributed by atoms with Crippen LogP contribution in [0.25, 0.3) is 0 Å². The fourth-order valence-electron chi connectivity index (χ4n) is 3.56. The SMILES string of the molecule is CC1CCCCC1NC(=O)C(C)N1CCC(C)(CN)C1.Cl. The standard InChI is InChI=1S/C16H31N3O.ClH/c1-12-6-4-5-7-14(12)18-15(20)13(2)19-9-8-16(3,10-17)11-19;/h12-14H,4-11,17H2,1-3H3,(H,18,20);1H. The zero-order valence-electron chi connectivity index (χ0n) is 13.7. The van der Waals surface area contributed by atoms with Crippen molar-refractivity contribution >= 4 is 18.3 Å². The minimum Gasteiger partial charge on any atom is -0.352 e. The molecule has 0 aromatic rings. The Kier molecular flexibility index (Phi) is 6.95. The van der Waals surface area contributed by atoms with Crippen molar-refractivity contribution in [2.45, 2.75) is 65.0 Å². The largest absolute Gasteiger partial charge is 0.352 e. The molecule has 2 rings (SSSR count). The summed E-state index contributed by atoms with van der Waals surface area (Å²) in [5, 5.41) is 3.28. The van der Waals surface area contributed by atoms with Crippen molar-refractivity contribution in [1.82, 2.24) is 10.2 Å². The molecular formula is C16H32ClN3O. The van der Waals surface area contributed by atoms with E-state index in [2.05, 4.69) is 24.1 Å². The molecule has 1 heterocycles. The summed E-state index contributed by atoms with van der Waals surface area (Å²) in [7, 11) is 0. The number of rotatable bonds is 4. The summed E-state index contributed by atoms with van der Waals surface area (Å²) < 4.78 is 0. The Bertz CT molecular complexity index is 352. The number of nitrogens with two attached hydrogens (primary N) is 1. The molecule has 4 unspecified atom stereocenters. The average molecular weight is 318 g/mol. The maximum atomic E-state index is 12.5. The van der Waals surface area contributed by atoms with E-state index in [1.54, 1.807) is 0 Å². The third-order valence-corrected chi connectivity index (χ3v) is 5.45. The van der Waals surface area contributed by atoms with Gasteiger partial charge < -0.3 is 11.1 Å². The summed E-state index contributed by atoms with van der Waals surface area (Å²) in [5.74, 6) is 0.817. The fourth-order valence-corrected chi connectivity index (χ4v) is 3.56. The van der Waals surface area contributed by atoms with E-state index in [0.29, 0.717) is 18.5 Å². The molecule has 1 saturated heterocycles. The highest BCUT2D eigenvalue weighted by molar-refractivity contribution is 5.85. The molecule has 0 aromatic heterocycles. The maximum Gasteiger partial charge on any atom is 0.237 e. The van der Waals surface area contributed by atoms with Gasteiger partial charge in [0.2, 0.25) is 5.91 Å². The molecule has 5 heteroatoms. The zero-order chi connectivity index (χ0) is 14.8. The van der Waals surface area contributed by atoms with E-state index in [-0.39, 0.29) is 29.8 Å². The van der Waals surface area contributed by atoms with Crippen LogP contribution in [0.3, 0.4) is 0 Å². The maximum absolute atomic E-state index is 12.5. The predicted octanol–water partition coefficient (Wildman–Crippen LogP) is 2.16.